The van der Waals surface area contributed by atoms with Crippen molar-refractivity contribution in [1.82, 2.24) is 10.2 Å². The number of nitrogens with zero attached hydrogens (tertiary/aromatic N) is 2. The maximum atomic E-state index is 14.7. The van der Waals surface area contributed by atoms with Crippen LogP contribution in [0.2, 0.25) is 10.0 Å². The van der Waals surface area contributed by atoms with Crippen LogP contribution in [0.4, 0.5) is 10.1 Å². The Bertz CT molecular complexity index is 1390. The summed E-state index contributed by atoms with van der Waals surface area (Å²) in [5.41, 5.74) is 1.05. The highest BCUT2D eigenvalue weighted by Gasteiger charge is 2.33. The fourth-order valence-corrected chi connectivity index (χ4v) is 5.37. The van der Waals surface area contributed by atoms with Gasteiger partial charge in [0.2, 0.25) is 21.8 Å². The number of sulfonamides is 1. The SMILES string of the molecule is CCCNC(=O)[C@H](Cc1ccccc1)N(Cc1ccccc1F)C(=O)CN(c1cc(Cl)cc(Cl)c1)S(C)(=O)=O. The third-order valence-electron chi connectivity index (χ3n) is 5.93. The van der Waals surface area contributed by atoms with E-state index >= 15 is 0 Å². The minimum atomic E-state index is -3.99. The molecule has 0 aliphatic rings. The molecule has 0 aromatic heterocycles. The fraction of sp³-hybridized carbons (Fsp3) is 0.286. The summed E-state index contributed by atoms with van der Waals surface area (Å²) in [6.07, 6.45) is 1.76. The first-order valence-electron chi connectivity index (χ1n) is 12.3. The number of rotatable bonds is 12. The lowest BCUT2D eigenvalue weighted by Crippen LogP contribution is -2.53. The molecule has 0 saturated heterocycles. The lowest BCUT2D eigenvalue weighted by Gasteiger charge is -2.33. The smallest absolute Gasteiger partial charge is 0.244 e. The molecule has 0 bridgehead atoms. The number of nitrogens with one attached hydrogen (secondary N) is 1. The van der Waals surface area contributed by atoms with Crippen LogP contribution in [0.5, 0.6) is 0 Å². The minimum Gasteiger partial charge on any atom is -0.354 e. The van der Waals surface area contributed by atoms with E-state index in [2.05, 4.69) is 5.32 Å². The molecular weight excluding hydrogens is 564 g/mol. The number of benzene rings is 3. The maximum absolute atomic E-state index is 14.7. The number of carbonyl (C=O) groups excluding carboxylic acids is 2. The van der Waals surface area contributed by atoms with Gasteiger partial charge in [0, 0.05) is 35.1 Å². The number of amides is 2. The number of hydrogen-bond donors (Lipinski definition) is 1. The summed E-state index contributed by atoms with van der Waals surface area (Å²) in [6.45, 7) is 1.37. The van der Waals surface area contributed by atoms with Gasteiger partial charge in [0.15, 0.2) is 0 Å². The summed E-state index contributed by atoms with van der Waals surface area (Å²) in [6, 6.07) is 18.2. The van der Waals surface area contributed by atoms with E-state index in [-0.39, 0.29) is 34.3 Å². The molecule has 0 heterocycles. The van der Waals surface area contributed by atoms with E-state index < -0.39 is 40.2 Å². The monoisotopic (exact) mass is 593 g/mol. The molecule has 2 amide bonds. The van der Waals surface area contributed by atoms with Crippen molar-refractivity contribution in [2.24, 2.45) is 0 Å². The molecule has 11 heteroatoms. The summed E-state index contributed by atoms with van der Waals surface area (Å²) in [5, 5.41) is 3.19. The van der Waals surface area contributed by atoms with Gasteiger partial charge in [-0.1, -0.05) is 78.7 Å². The van der Waals surface area contributed by atoms with E-state index in [4.69, 9.17) is 23.2 Å². The van der Waals surface area contributed by atoms with Gasteiger partial charge in [0.05, 0.1) is 11.9 Å². The van der Waals surface area contributed by atoms with Crippen LogP contribution in [0.15, 0.2) is 72.8 Å². The molecule has 1 N–H and O–H groups in total. The Hall–Kier alpha value is -3.14. The van der Waals surface area contributed by atoms with E-state index in [1.807, 2.05) is 37.3 Å². The van der Waals surface area contributed by atoms with Crippen molar-refractivity contribution in [2.45, 2.75) is 32.4 Å². The van der Waals surface area contributed by atoms with Gasteiger partial charge in [0.1, 0.15) is 18.4 Å². The van der Waals surface area contributed by atoms with E-state index in [1.54, 1.807) is 6.07 Å². The predicted molar refractivity (Wildman–Crippen MR) is 153 cm³/mol. The molecule has 3 aromatic carbocycles. The summed E-state index contributed by atoms with van der Waals surface area (Å²) in [4.78, 5) is 28.5. The van der Waals surface area contributed by atoms with Gasteiger partial charge >= 0.3 is 0 Å². The van der Waals surface area contributed by atoms with Gasteiger partial charge in [-0.3, -0.25) is 13.9 Å². The third-order valence-corrected chi connectivity index (χ3v) is 7.51. The van der Waals surface area contributed by atoms with Crippen LogP contribution in [0.1, 0.15) is 24.5 Å². The summed E-state index contributed by atoms with van der Waals surface area (Å²) in [5.74, 6) is -1.68. The molecule has 0 aliphatic heterocycles. The Kier molecular flexibility index (Phi) is 10.7. The Morgan fingerprint density at radius 1 is 0.974 bits per heavy atom. The second kappa shape index (κ2) is 13.8. The summed E-state index contributed by atoms with van der Waals surface area (Å²) < 4.78 is 41.2. The highest BCUT2D eigenvalue weighted by molar-refractivity contribution is 7.92. The van der Waals surface area contributed by atoms with Crippen LogP contribution < -0.4 is 9.62 Å². The highest BCUT2D eigenvalue weighted by Crippen LogP contribution is 2.27. The maximum Gasteiger partial charge on any atom is 0.244 e. The van der Waals surface area contributed by atoms with Gasteiger partial charge in [0.25, 0.3) is 0 Å². The normalized spacial score (nSPS) is 12.0. The third kappa shape index (κ3) is 8.68. The standard InChI is InChI=1S/C28H30Cl2FN3O4S/c1-3-13-32-28(36)26(14-20-9-5-4-6-10-20)33(18-21-11-7-8-12-25(21)31)27(35)19-34(39(2,37)38)24-16-22(29)15-23(30)17-24/h4-12,15-17,26H,3,13-14,18-19H2,1-2H3,(H,32,36)/t26-/m0/s1. The molecule has 3 aromatic rings. The van der Waals surface area contributed by atoms with Crippen LogP contribution in [0, 0.1) is 5.82 Å². The average molecular weight is 595 g/mol. The number of anilines is 1. The van der Waals surface area contributed by atoms with Crippen LogP contribution in [-0.4, -0.2) is 50.5 Å². The first kappa shape index (κ1) is 30.4. The lowest BCUT2D eigenvalue weighted by molar-refractivity contribution is -0.140. The number of hydrogen-bond acceptors (Lipinski definition) is 4. The molecule has 0 unspecified atom stereocenters. The van der Waals surface area contributed by atoms with E-state index in [9.17, 15) is 22.4 Å². The van der Waals surface area contributed by atoms with Gasteiger partial charge in [-0.2, -0.15) is 0 Å². The molecule has 0 saturated carbocycles. The first-order chi connectivity index (χ1) is 18.5. The van der Waals surface area contributed by atoms with Gasteiger partial charge in [-0.05, 0) is 36.2 Å². The van der Waals surface area contributed by atoms with E-state index in [1.165, 1.54) is 41.3 Å². The van der Waals surface area contributed by atoms with Crippen molar-refractivity contribution >= 4 is 50.7 Å². The summed E-state index contributed by atoms with van der Waals surface area (Å²) >= 11 is 12.2. The van der Waals surface area contributed by atoms with Gasteiger partial charge in [-0.25, -0.2) is 12.8 Å². The van der Waals surface area contributed by atoms with Crippen LogP contribution in [-0.2, 0) is 32.6 Å². The average Bonchev–Trinajstić information content (AvgIpc) is 2.88. The summed E-state index contributed by atoms with van der Waals surface area (Å²) in [7, 11) is -3.99. The topological polar surface area (TPSA) is 86.8 Å². The first-order valence-corrected chi connectivity index (χ1v) is 14.9. The van der Waals surface area contributed by atoms with E-state index in [0.717, 1.165) is 16.1 Å². The molecule has 0 aliphatic carbocycles. The van der Waals surface area contributed by atoms with Crippen LogP contribution in [0.3, 0.4) is 0 Å². The highest BCUT2D eigenvalue weighted by atomic mass is 35.5. The second-order valence-corrected chi connectivity index (χ2v) is 11.8. The van der Waals surface area contributed by atoms with Crippen molar-refractivity contribution in [3.05, 3.63) is 99.8 Å². The number of halogens is 3. The Labute approximate surface area is 238 Å². The molecule has 0 fully saturated rings. The molecule has 0 radical (unpaired) electrons. The zero-order valence-electron chi connectivity index (χ0n) is 21.6. The van der Waals surface area contributed by atoms with Crippen molar-refractivity contribution in [3.63, 3.8) is 0 Å². The van der Waals surface area contributed by atoms with Crippen LogP contribution in [0.25, 0.3) is 0 Å². The molecule has 1 atom stereocenters. The van der Waals surface area contributed by atoms with Crippen LogP contribution >= 0.6 is 23.2 Å². The largest absolute Gasteiger partial charge is 0.354 e. The quantitative estimate of drug-likeness (QED) is 0.318. The van der Waals surface area contributed by atoms with Crippen molar-refractivity contribution < 1.29 is 22.4 Å². The Morgan fingerprint density at radius 2 is 1.59 bits per heavy atom. The Morgan fingerprint density at radius 3 is 2.18 bits per heavy atom. The Balaban J connectivity index is 2.07. The molecule has 3 rings (SSSR count). The second-order valence-electron chi connectivity index (χ2n) is 9.01. The molecule has 208 valence electrons. The molecule has 0 spiro atoms. The fourth-order valence-electron chi connectivity index (χ4n) is 4.03. The van der Waals surface area contributed by atoms with Gasteiger partial charge in [-0.15, -0.1) is 0 Å². The van der Waals surface area contributed by atoms with Crippen molar-refractivity contribution in [1.29, 1.82) is 0 Å². The van der Waals surface area contributed by atoms with Gasteiger partial charge < -0.3 is 10.2 Å². The zero-order chi connectivity index (χ0) is 28.6. The molecular formula is C28H30Cl2FN3O4S. The van der Waals surface area contributed by atoms with Crippen molar-refractivity contribution in [2.75, 3.05) is 23.7 Å². The minimum absolute atomic E-state index is 0.0873. The molecule has 39 heavy (non-hydrogen) atoms. The zero-order valence-corrected chi connectivity index (χ0v) is 23.9. The lowest BCUT2D eigenvalue weighted by atomic mass is 10.0. The van der Waals surface area contributed by atoms with Crippen molar-refractivity contribution in [3.8, 4) is 0 Å². The van der Waals surface area contributed by atoms with E-state index in [0.29, 0.717) is 13.0 Å². The molecule has 7 nitrogen and oxygen atoms in total. The number of carbonyl (C=O) groups is 2. The predicted octanol–water partition coefficient (Wildman–Crippen LogP) is 5.06.